The number of hydrogen-bond acceptors (Lipinski definition) is 2. The molecule has 2 aromatic rings. The molecule has 0 N–H and O–H groups in total. The number of halogens is 2. The van der Waals surface area contributed by atoms with Crippen molar-refractivity contribution in [2.75, 3.05) is 0 Å². The van der Waals surface area contributed by atoms with Crippen LogP contribution in [0.3, 0.4) is 0 Å². The summed E-state index contributed by atoms with van der Waals surface area (Å²) in [5, 5.41) is 0. The van der Waals surface area contributed by atoms with Crippen LogP contribution in [0.15, 0.2) is 58.5 Å². The van der Waals surface area contributed by atoms with E-state index in [1.54, 1.807) is 0 Å². The summed E-state index contributed by atoms with van der Waals surface area (Å²) in [7, 11) is 1.25. The molecule has 126 valence electrons. The third-order valence-corrected chi connectivity index (χ3v) is 3.19. The van der Waals surface area contributed by atoms with E-state index in [2.05, 4.69) is 76.5 Å². The standard InChI is InChI=1S/C18H20N2.2BrH.Ni/c1-13-5-9-17(10-6-13)19-15(3)16(4)20-18-11-7-14(2)8-12-18;;;/h5-12H,1-4H3;2*1H;/q;;;+2/p-2. The SMILES string of the molecule is CC(=Nc1ccc(C)cc1)C(C)=Nc1ccc(C)cc1.[Br][Ni][Br]. The van der Waals surface area contributed by atoms with Crippen molar-refractivity contribution in [1.82, 2.24) is 0 Å². The Morgan fingerprint density at radius 3 is 1.22 bits per heavy atom. The van der Waals surface area contributed by atoms with Gasteiger partial charge in [0, 0.05) is 0 Å². The topological polar surface area (TPSA) is 24.7 Å². The molecule has 0 aliphatic heterocycles. The van der Waals surface area contributed by atoms with Gasteiger partial charge in [-0.25, -0.2) is 0 Å². The molecule has 2 rings (SSSR count). The van der Waals surface area contributed by atoms with Gasteiger partial charge in [0.25, 0.3) is 0 Å². The predicted molar refractivity (Wildman–Crippen MR) is 106 cm³/mol. The molecule has 0 aliphatic rings. The van der Waals surface area contributed by atoms with Gasteiger partial charge in [-0.3, -0.25) is 9.98 Å². The maximum atomic E-state index is 4.60. The average molecular weight is 483 g/mol. The van der Waals surface area contributed by atoms with Gasteiger partial charge >= 0.3 is 39.3 Å². The molecule has 0 radical (unpaired) electrons. The zero-order chi connectivity index (χ0) is 17.2. The summed E-state index contributed by atoms with van der Waals surface area (Å²) in [6.07, 6.45) is 0. The predicted octanol–water partition coefficient (Wildman–Crippen LogP) is 6.88. The van der Waals surface area contributed by atoms with Crippen LogP contribution < -0.4 is 0 Å². The maximum absolute atomic E-state index is 4.60. The van der Waals surface area contributed by atoms with E-state index in [0.29, 0.717) is 0 Å². The van der Waals surface area contributed by atoms with E-state index in [9.17, 15) is 0 Å². The number of benzene rings is 2. The Kier molecular flexibility index (Phi) is 9.61. The summed E-state index contributed by atoms with van der Waals surface area (Å²) in [6, 6.07) is 16.4. The van der Waals surface area contributed by atoms with Gasteiger partial charge < -0.3 is 0 Å². The fourth-order valence-corrected chi connectivity index (χ4v) is 1.79. The fourth-order valence-electron chi connectivity index (χ4n) is 1.79. The number of aryl methyl sites for hydroxylation is 2. The molecule has 0 aromatic heterocycles. The molecule has 0 unspecified atom stereocenters. The van der Waals surface area contributed by atoms with Crippen molar-refractivity contribution < 1.29 is 10.9 Å². The van der Waals surface area contributed by atoms with Crippen molar-refractivity contribution >= 4 is 51.2 Å². The number of nitrogens with zero attached hydrogens (tertiary/aromatic N) is 2. The molecule has 0 spiro atoms. The van der Waals surface area contributed by atoms with E-state index in [4.69, 9.17) is 0 Å². The van der Waals surface area contributed by atoms with Gasteiger partial charge in [0.2, 0.25) is 0 Å². The van der Waals surface area contributed by atoms with Gasteiger partial charge in [0.05, 0.1) is 22.8 Å². The van der Waals surface area contributed by atoms with Gasteiger partial charge in [-0.1, -0.05) is 35.4 Å². The third kappa shape index (κ3) is 8.05. The fraction of sp³-hybridized carbons (Fsp3) is 0.222. The number of hydrogen-bond donors (Lipinski definition) is 0. The molecular weight excluding hydrogens is 463 g/mol. The Morgan fingerprint density at radius 2 is 0.957 bits per heavy atom. The number of aliphatic imine (C=N–C) groups is 2. The zero-order valence-corrected chi connectivity index (χ0v) is 17.7. The summed E-state index contributed by atoms with van der Waals surface area (Å²) < 4.78 is 0. The normalized spacial score (nSPS) is 11.9. The average Bonchev–Trinajstić information content (AvgIpc) is 2.52. The number of rotatable bonds is 3. The van der Waals surface area contributed by atoms with Gasteiger partial charge in [-0.2, -0.15) is 0 Å². The minimum atomic E-state index is 0.939. The van der Waals surface area contributed by atoms with Gasteiger partial charge in [0.15, 0.2) is 0 Å². The Labute approximate surface area is 158 Å². The first kappa shape index (κ1) is 20.3. The summed E-state index contributed by atoms with van der Waals surface area (Å²) >= 11 is 6.00. The molecule has 2 aromatic carbocycles. The summed E-state index contributed by atoms with van der Waals surface area (Å²) in [4.78, 5) is 9.20. The Bertz CT molecular complexity index is 603. The Morgan fingerprint density at radius 1 is 0.696 bits per heavy atom. The van der Waals surface area contributed by atoms with Crippen molar-refractivity contribution in [1.29, 1.82) is 0 Å². The first-order valence-corrected chi connectivity index (χ1v) is 11.9. The third-order valence-electron chi connectivity index (χ3n) is 3.19. The summed E-state index contributed by atoms with van der Waals surface area (Å²) in [5.41, 5.74) is 6.29. The second-order valence-electron chi connectivity index (χ2n) is 5.11. The van der Waals surface area contributed by atoms with Gasteiger partial charge in [-0.15, -0.1) is 0 Å². The van der Waals surface area contributed by atoms with Crippen LogP contribution >= 0.6 is 28.5 Å². The van der Waals surface area contributed by atoms with Crippen LogP contribution in [0.4, 0.5) is 11.4 Å². The van der Waals surface area contributed by atoms with Crippen molar-refractivity contribution in [2.24, 2.45) is 9.98 Å². The van der Waals surface area contributed by atoms with Crippen molar-refractivity contribution in [2.45, 2.75) is 27.7 Å². The first-order valence-electron chi connectivity index (χ1n) is 7.03. The van der Waals surface area contributed by atoms with Crippen LogP contribution in [0.2, 0.25) is 0 Å². The van der Waals surface area contributed by atoms with E-state index in [1.165, 1.54) is 22.0 Å². The van der Waals surface area contributed by atoms with Crippen molar-refractivity contribution in [3.05, 3.63) is 59.7 Å². The molecule has 0 bridgehead atoms. The Hall–Kier alpha value is -0.766. The molecular formula is C18H20Br2N2Ni. The van der Waals surface area contributed by atoms with E-state index in [1.807, 2.05) is 38.1 Å². The molecule has 0 heterocycles. The van der Waals surface area contributed by atoms with Crippen molar-refractivity contribution in [3.63, 3.8) is 0 Å². The second kappa shape index (κ2) is 10.9. The monoisotopic (exact) mass is 480 g/mol. The molecule has 0 fully saturated rings. The van der Waals surface area contributed by atoms with Crippen LogP contribution in [-0.4, -0.2) is 11.4 Å². The van der Waals surface area contributed by atoms with Crippen LogP contribution in [0.5, 0.6) is 0 Å². The molecule has 0 saturated heterocycles. The van der Waals surface area contributed by atoms with E-state index in [-0.39, 0.29) is 0 Å². The van der Waals surface area contributed by atoms with Gasteiger partial charge in [-0.05, 0) is 52.0 Å². The summed E-state index contributed by atoms with van der Waals surface area (Å²) in [5.74, 6) is 0. The minimum absolute atomic E-state index is 0.939. The zero-order valence-electron chi connectivity index (χ0n) is 13.6. The molecule has 0 saturated carbocycles. The van der Waals surface area contributed by atoms with Crippen LogP contribution in [0.25, 0.3) is 0 Å². The van der Waals surface area contributed by atoms with Crippen LogP contribution in [0.1, 0.15) is 25.0 Å². The quantitative estimate of drug-likeness (QED) is 0.336. The van der Waals surface area contributed by atoms with E-state index >= 15 is 0 Å². The Balaban J connectivity index is 0.000000816. The van der Waals surface area contributed by atoms with Crippen LogP contribution in [0, 0.1) is 13.8 Å². The van der Waals surface area contributed by atoms with Crippen molar-refractivity contribution in [3.8, 4) is 0 Å². The molecule has 0 amide bonds. The second-order valence-corrected chi connectivity index (χ2v) is 10.1. The molecule has 5 heteroatoms. The van der Waals surface area contributed by atoms with Crippen LogP contribution in [-0.2, 0) is 10.9 Å². The summed E-state index contributed by atoms with van der Waals surface area (Å²) in [6.45, 7) is 8.13. The molecule has 23 heavy (non-hydrogen) atoms. The molecule has 2 nitrogen and oxygen atoms in total. The van der Waals surface area contributed by atoms with E-state index < -0.39 is 0 Å². The molecule has 0 atom stereocenters. The molecule has 0 aliphatic carbocycles. The van der Waals surface area contributed by atoms with E-state index in [0.717, 1.165) is 22.8 Å². The first-order chi connectivity index (χ1) is 11.0. The van der Waals surface area contributed by atoms with Gasteiger partial charge in [0.1, 0.15) is 0 Å².